The summed E-state index contributed by atoms with van der Waals surface area (Å²) >= 11 is 0. The van der Waals surface area contributed by atoms with E-state index in [2.05, 4.69) is 59.7 Å². The molecule has 0 amide bonds. The molecule has 3 rings (SSSR count). The molecule has 1 aromatic rings. The van der Waals surface area contributed by atoms with E-state index in [1.54, 1.807) is 0 Å². The second-order valence-corrected chi connectivity index (χ2v) is 7.91. The molecule has 0 bridgehead atoms. The maximum absolute atomic E-state index is 2.70. The quantitative estimate of drug-likeness (QED) is 0.816. The highest BCUT2D eigenvalue weighted by Crippen LogP contribution is 2.24. The summed E-state index contributed by atoms with van der Waals surface area (Å²) in [6.45, 7) is 16.8. The fourth-order valence-electron chi connectivity index (χ4n) is 4.12. The van der Waals surface area contributed by atoms with E-state index in [0.29, 0.717) is 5.92 Å². The third-order valence-corrected chi connectivity index (χ3v) is 5.95. The normalized spacial score (nSPS) is 21.6. The highest BCUT2D eigenvalue weighted by molar-refractivity contribution is 5.49. The third kappa shape index (κ3) is 4.52. The molecule has 1 aromatic carbocycles. The molecule has 0 aromatic heterocycles. The topological polar surface area (TPSA) is 9.72 Å². The third-order valence-electron chi connectivity index (χ3n) is 5.95. The Bertz CT molecular complexity index is 498. The van der Waals surface area contributed by atoms with Crippen molar-refractivity contribution in [3.8, 4) is 0 Å². The Morgan fingerprint density at radius 3 is 2.29 bits per heavy atom. The highest BCUT2D eigenvalue weighted by Gasteiger charge is 2.23. The average molecular weight is 330 g/mol. The molecule has 24 heavy (non-hydrogen) atoms. The molecule has 0 N–H and O–H groups in total. The van der Waals surface area contributed by atoms with Gasteiger partial charge in [-0.15, -0.1) is 0 Å². The summed E-state index contributed by atoms with van der Waals surface area (Å²) in [5.74, 6) is 1.53. The van der Waals surface area contributed by atoms with Crippen molar-refractivity contribution in [2.24, 2.45) is 5.92 Å². The van der Waals surface area contributed by atoms with Crippen LogP contribution in [-0.4, -0.2) is 62.2 Å². The zero-order valence-corrected chi connectivity index (χ0v) is 15.9. The monoisotopic (exact) mass is 329 g/mol. The van der Waals surface area contributed by atoms with Crippen molar-refractivity contribution >= 4 is 5.69 Å². The molecule has 2 aliphatic heterocycles. The first-order chi connectivity index (χ1) is 11.7. The van der Waals surface area contributed by atoms with Crippen molar-refractivity contribution in [1.82, 2.24) is 9.80 Å². The molecule has 2 heterocycles. The lowest BCUT2D eigenvalue weighted by atomic mass is 9.96. The molecule has 3 nitrogen and oxygen atoms in total. The number of nitrogens with zero attached hydrogens (tertiary/aromatic N) is 3. The number of likely N-dealkylation sites (tertiary alicyclic amines) is 1. The molecule has 0 saturated carbocycles. The Balaban J connectivity index is 1.47. The average Bonchev–Trinajstić information content (AvgIpc) is 2.63. The van der Waals surface area contributed by atoms with Crippen LogP contribution < -0.4 is 4.90 Å². The number of rotatable bonds is 5. The van der Waals surface area contributed by atoms with Gasteiger partial charge in [-0.25, -0.2) is 0 Å². The van der Waals surface area contributed by atoms with E-state index in [1.165, 1.54) is 76.5 Å². The number of piperidine rings is 1. The van der Waals surface area contributed by atoms with Gasteiger partial charge in [-0.05, 0) is 62.0 Å². The van der Waals surface area contributed by atoms with Crippen LogP contribution in [0.25, 0.3) is 0 Å². The summed E-state index contributed by atoms with van der Waals surface area (Å²) in [5, 5.41) is 0. The standard InChI is InChI=1S/C21H35N3/c1-4-22-10-8-19(9-11-22)17-23-12-14-24(15-13-23)21-7-5-6-20(16-21)18(2)3/h5-7,16,18-19H,4,8-15,17H2,1-3H3. The van der Waals surface area contributed by atoms with Crippen LogP contribution in [0.5, 0.6) is 0 Å². The van der Waals surface area contributed by atoms with Gasteiger partial charge in [-0.2, -0.15) is 0 Å². The Hall–Kier alpha value is -1.06. The van der Waals surface area contributed by atoms with Crippen LogP contribution in [0, 0.1) is 5.92 Å². The second-order valence-electron chi connectivity index (χ2n) is 7.91. The van der Waals surface area contributed by atoms with Gasteiger partial charge in [0.15, 0.2) is 0 Å². The van der Waals surface area contributed by atoms with E-state index in [4.69, 9.17) is 0 Å². The lowest BCUT2D eigenvalue weighted by Crippen LogP contribution is -2.48. The molecule has 3 heteroatoms. The van der Waals surface area contributed by atoms with E-state index in [-0.39, 0.29) is 0 Å². The smallest absolute Gasteiger partial charge is 0.0369 e. The van der Waals surface area contributed by atoms with Gasteiger partial charge in [0.25, 0.3) is 0 Å². The maximum Gasteiger partial charge on any atom is 0.0369 e. The molecule has 134 valence electrons. The van der Waals surface area contributed by atoms with E-state index in [9.17, 15) is 0 Å². The predicted octanol–water partition coefficient (Wildman–Crippen LogP) is 3.66. The van der Waals surface area contributed by atoms with Crippen molar-refractivity contribution in [1.29, 1.82) is 0 Å². The van der Waals surface area contributed by atoms with Crippen molar-refractivity contribution in [2.45, 2.75) is 39.5 Å². The Labute approximate surface area is 148 Å². The Morgan fingerprint density at radius 2 is 1.67 bits per heavy atom. The first-order valence-electron chi connectivity index (χ1n) is 9.95. The van der Waals surface area contributed by atoms with Gasteiger partial charge in [0.05, 0.1) is 0 Å². The van der Waals surface area contributed by atoms with Gasteiger partial charge in [0, 0.05) is 38.4 Å². The second kappa shape index (κ2) is 8.35. The van der Waals surface area contributed by atoms with E-state index in [0.717, 1.165) is 5.92 Å². The number of anilines is 1. The summed E-state index contributed by atoms with van der Waals surface area (Å²) in [5.41, 5.74) is 2.87. The van der Waals surface area contributed by atoms with E-state index < -0.39 is 0 Å². The van der Waals surface area contributed by atoms with Crippen molar-refractivity contribution in [3.05, 3.63) is 29.8 Å². The van der Waals surface area contributed by atoms with Gasteiger partial charge in [0.1, 0.15) is 0 Å². The van der Waals surface area contributed by atoms with Gasteiger partial charge in [0.2, 0.25) is 0 Å². The van der Waals surface area contributed by atoms with Gasteiger partial charge >= 0.3 is 0 Å². The molecule has 2 aliphatic rings. The minimum atomic E-state index is 0.611. The van der Waals surface area contributed by atoms with Crippen LogP contribution in [0.2, 0.25) is 0 Å². The molecule has 0 atom stereocenters. The Morgan fingerprint density at radius 1 is 0.958 bits per heavy atom. The first-order valence-corrected chi connectivity index (χ1v) is 9.95. The number of benzene rings is 1. The molecular formula is C21H35N3. The zero-order valence-electron chi connectivity index (χ0n) is 15.9. The fraction of sp³-hybridized carbons (Fsp3) is 0.714. The van der Waals surface area contributed by atoms with Crippen molar-refractivity contribution in [3.63, 3.8) is 0 Å². The highest BCUT2D eigenvalue weighted by atomic mass is 15.3. The van der Waals surface area contributed by atoms with Crippen LogP contribution in [0.4, 0.5) is 5.69 Å². The molecule has 2 saturated heterocycles. The molecule has 0 aliphatic carbocycles. The minimum absolute atomic E-state index is 0.611. The molecule has 0 unspecified atom stereocenters. The molecule has 0 spiro atoms. The van der Waals surface area contributed by atoms with Crippen LogP contribution in [0.1, 0.15) is 45.1 Å². The van der Waals surface area contributed by atoms with E-state index in [1.807, 2.05) is 0 Å². The fourth-order valence-corrected chi connectivity index (χ4v) is 4.12. The summed E-state index contributed by atoms with van der Waals surface area (Å²) in [6.07, 6.45) is 2.79. The minimum Gasteiger partial charge on any atom is -0.369 e. The SMILES string of the molecule is CCN1CCC(CN2CCN(c3cccc(C(C)C)c3)CC2)CC1. The van der Waals surface area contributed by atoms with E-state index >= 15 is 0 Å². The summed E-state index contributed by atoms with van der Waals surface area (Å²) < 4.78 is 0. The van der Waals surface area contributed by atoms with Crippen LogP contribution in [0.3, 0.4) is 0 Å². The number of hydrogen-bond donors (Lipinski definition) is 0. The summed E-state index contributed by atoms with van der Waals surface area (Å²) in [7, 11) is 0. The van der Waals surface area contributed by atoms with Gasteiger partial charge in [-0.1, -0.05) is 32.9 Å². The Kier molecular flexibility index (Phi) is 6.18. The van der Waals surface area contributed by atoms with Crippen LogP contribution in [0.15, 0.2) is 24.3 Å². The molecular weight excluding hydrogens is 294 g/mol. The van der Waals surface area contributed by atoms with Crippen molar-refractivity contribution < 1.29 is 0 Å². The van der Waals surface area contributed by atoms with Gasteiger partial charge < -0.3 is 9.80 Å². The summed E-state index contributed by atoms with van der Waals surface area (Å²) in [4.78, 5) is 7.87. The predicted molar refractivity (Wildman–Crippen MR) is 104 cm³/mol. The largest absolute Gasteiger partial charge is 0.369 e. The lowest BCUT2D eigenvalue weighted by molar-refractivity contribution is 0.143. The van der Waals surface area contributed by atoms with Gasteiger partial charge in [-0.3, -0.25) is 4.90 Å². The summed E-state index contributed by atoms with van der Waals surface area (Å²) in [6, 6.07) is 9.15. The van der Waals surface area contributed by atoms with Crippen LogP contribution >= 0.6 is 0 Å². The molecule has 2 fully saturated rings. The first kappa shape index (κ1) is 17.8. The number of hydrogen-bond acceptors (Lipinski definition) is 3. The molecule has 0 radical (unpaired) electrons. The van der Waals surface area contributed by atoms with Crippen LogP contribution in [-0.2, 0) is 0 Å². The lowest BCUT2D eigenvalue weighted by Gasteiger charge is -2.39. The maximum atomic E-state index is 2.70. The number of piperazine rings is 1. The van der Waals surface area contributed by atoms with Crippen molar-refractivity contribution in [2.75, 3.05) is 57.3 Å². The zero-order chi connectivity index (χ0) is 16.9.